The number of hydrogen-bond donors (Lipinski definition) is 1. The monoisotopic (exact) mass is 64.1 g/mol. The van der Waals surface area contributed by atoms with Crippen LogP contribution < -0.4 is 5.73 Å². The first-order chi connectivity index (χ1) is 3.71. The van der Waals surface area contributed by atoms with E-state index in [4.69, 9.17) is 12.6 Å². The largest absolute Gasteiger partial charge is 0.330 e. The molecule has 2 N–H and O–H groups in total. The fourth-order valence-corrected chi connectivity index (χ4v) is 0. The van der Waals surface area contributed by atoms with E-state index < -0.39 is 19.8 Å². The normalized spacial score (nSPS) is 32.8. The van der Waals surface area contributed by atoms with Gasteiger partial charge in [0, 0.05) is 6.85 Å². The zero-order chi connectivity index (χ0) is 7.71. The Kier molecular flexibility index (Phi) is 0.405. The molecule has 1 heteroatoms. The van der Waals surface area contributed by atoms with Crippen molar-refractivity contribution >= 4 is 0 Å². The zero-order valence-corrected chi connectivity index (χ0v) is 2.28. The Balaban J connectivity index is 3.75. The van der Waals surface area contributed by atoms with Crippen LogP contribution in [0, 0.1) is 0 Å². The van der Waals surface area contributed by atoms with Gasteiger partial charge >= 0.3 is 0 Å². The van der Waals surface area contributed by atoms with Crippen molar-refractivity contribution < 1.29 is 6.85 Å². The quantitative estimate of drug-likeness (QED) is 0.468. The molecule has 4 heavy (non-hydrogen) atoms. The Morgan fingerprint density at radius 1 is 2.50 bits per heavy atom. The van der Waals surface area contributed by atoms with Crippen LogP contribution >= 0.6 is 0 Å². The molecule has 0 heterocycles. The van der Waals surface area contributed by atoms with E-state index in [0.29, 0.717) is 0 Å². The van der Waals surface area contributed by atoms with Crippen molar-refractivity contribution in [3.05, 3.63) is 0 Å². The summed E-state index contributed by atoms with van der Waals surface area (Å²) < 4.78 is 33.1. The molecule has 0 aromatic heterocycles. The maximum Gasteiger partial charge on any atom is 0.0425 e. The van der Waals surface area contributed by atoms with E-state index in [9.17, 15) is 0 Å². The van der Waals surface area contributed by atoms with Crippen LogP contribution in [0.1, 0.15) is 20.1 Å². The third-order valence-electron chi connectivity index (χ3n) is 0.102. The molecule has 0 bridgehead atoms. The number of hydrogen-bond acceptors (Lipinski definition) is 1. The molecular formula is C3H9N. The highest BCUT2D eigenvalue weighted by molar-refractivity contribution is 4.19. The maximum atomic E-state index is 6.67. The van der Waals surface area contributed by atoms with Crippen LogP contribution in [0.15, 0.2) is 0 Å². The minimum absolute atomic E-state index is 0.597. The third-order valence-corrected chi connectivity index (χ3v) is 0.102. The Morgan fingerprint density at radius 2 is 3.25 bits per heavy atom. The molecule has 0 unspecified atom stereocenters. The minimum atomic E-state index is -2.27. The van der Waals surface area contributed by atoms with Crippen molar-refractivity contribution in [1.29, 1.82) is 0 Å². The first-order valence-corrected chi connectivity index (χ1v) is 0.996. The molecule has 1 nitrogen and oxygen atoms in total. The molecule has 0 atom stereocenters. The molecule has 0 spiro atoms. The zero-order valence-electron chi connectivity index (χ0n) is 7.28. The molecule has 0 rings (SSSR count). The van der Waals surface area contributed by atoms with Gasteiger partial charge in [-0.15, -0.1) is 0 Å². The summed E-state index contributed by atoms with van der Waals surface area (Å²) in [6.07, 6.45) is -0.597. The summed E-state index contributed by atoms with van der Waals surface area (Å²) in [7, 11) is 0. The molecule has 26 valence electrons. The van der Waals surface area contributed by atoms with Gasteiger partial charge in [0.15, 0.2) is 0 Å². The molecule has 0 aliphatic rings. The summed E-state index contributed by atoms with van der Waals surface area (Å²) in [6, 6.07) is 0. The predicted octanol–water partition coefficient (Wildman–Crippen LogP) is 0.355. The van der Waals surface area contributed by atoms with Crippen molar-refractivity contribution in [3.8, 4) is 0 Å². The molecule has 0 amide bonds. The molecule has 0 aliphatic heterocycles. The second kappa shape index (κ2) is 2.96. The third kappa shape index (κ3) is 1.96. The van der Waals surface area contributed by atoms with E-state index in [2.05, 4.69) is 0 Å². The highest BCUT2D eigenvalue weighted by Crippen LogP contribution is 1.57. The fraction of sp³-hybridized carbons (Fsp3) is 1.00. The van der Waals surface area contributed by atoms with Gasteiger partial charge in [-0.1, -0.05) is 6.85 Å². The Bertz CT molecular complexity index is 77.4. The lowest BCUT2D eigenvalue weighted by Gasteiger charge is -1.70. The Hall–Kier alpha value is -0.0400. The van der Waals surface area contributed by atoms with Crippen molar-refractivity contribution in [2.45, 2.75) is 13.3 Å². The van der Waals surface area contributed by atoms with Gasteiger partial charge < -0.3 is 5.73 Å². The van der Waals surface area contributed by atoms with E-state index >= 15 is 0 Å². The van der Waals surface area contributed by atoms with Crippen LogP contribution in [-0.2, 0) is 0 Å². The van der Waals surface area contributed by atoms with Crippen molar-refractivity contribution in [2.24, 2.45) is 5.73 Å². The lowest BCUT2D eigenvalue weighted by Crippen LogP contribution is -1.93. The molecule has 0 aliphatic carbocycles. The van der Waals surface area contributed by atoms with Crippen LogP contribution in [0.4, 0.5) is 0 Å². The van der Waals surface area contributed by atoms with Crippen molar-refractivity contribution in [2.75, 3.05) is 6.50 Å². The maximum absolute atomic E-state index is 6.67. The predicted molar refractivity (Wildman–Crippen MR) is 19.3 cm³/mol. The standard InChI is InChI=1S/C3H9N/c1-2-3-4/h2-4H2,1H3/i1D3,3D2. The molecule has 0 aromatic carbocycles. The van der Waals surface area contributed by atoms with E-state index in [1.807, 2.05) is 0 Å². The van der Waals surface area contributed by atoms with Crippen LogP contribution in [0.5, 0.6) is 0 Å². The van der Waals surface area contributed by atoms with Gasteiger partial charge in [0.05, 0.1) is 0 Å². The SMILES string of the molecule is [2H]C([2H])([2H])CC([2H])([2H])N. The average molecular weight is 64.1 g/mol. The van der Waals surface area contributed by atoms with Crippen LogP contribution in [0.2, 0.25) is 0 Å². The minimum Gasteiger partial charge on any atom is -0.330 e. The molecular weight excluding hydrogens is 50.0 g/mol. The lowest BCUT2D eigenvalue weighted by atomic mass is 10.5. The summed E-state index contributed by atoms with van der Waals surface area (Å²) in [5, 5.41) is 0. The lowest BCUT2D eigenvalue weighted by molar-refractivity contribution is 0.932. The fourth-order valence-electron chi connectivity index (χ4n) is 0. The summed E-state index contributed by atoms with van der Waals surface area (Å²) in [5.41, 5.74) is 4.79. The first kappa shape index (κ1) is 0.548. The van der Waals surface area contributed by atoms with Crippen molar-refractivity contribution in [3.63, 3.8) is 0 Å². The van der Waals surface area contributed by atoms with Crippen LogP contribution in [0.3, 0.4) is 0 Å². The highest BCUT2D eigenvalue weighted by atomic mass is 14.5. The average Bonchev–Trinajstić information content (AvgIpc) is 1.14. The summed E-state index contributed by atoms with van der Waals surface area (Å²) in [5.74, 6) is 0. The van der Waals surface area contributed by atoms with Gasteiger partial charge in [-0.25, -0.2) is 0 Å². The molecule has 0 radical (unpaired) electrons. The van der Waals surface area contributed by atoms with Crippen LogP contribution in [-0.4, -0.2) is 6.50 Å². The highest BCUT2D eigenvalue weighted by Gasteiger charge is 1.55. The van der Waals surface area contributed by atoms with E-state index in [-0.39, 0.29) is 0 Å². The van der Waals surface area contributed by atoms with Gasteiger partial charge in [0.1, 0.15) is 0 Å². The second-order valence-electron chi connectivity index (χ2n) is 0.381. The summed E-state index contributed by atoms with van der Waals surface area (Å²) >= 11 is 0. The van der Waals surface area contributed by atoms with Gasteiger partial charge in [-0.2, -0.15) is 0 Å². The first-order valence-electron chi connectivity index (χ1n) is 3.50. The smallest absolute Gasteiger partial charge is 0.0425 e. The van der Waals surface area contributed by atoms with E-state index in [1.165, 1.54) is 0 Å². The molecule has 0 saturated heterocycles. The van der Waals surface area contributed by atoms with Crippen LogP contribution in [0.25, 0.3) is 0 Å². The number of rotatable bonds is 1. The summed E-state index contributed by atoms with van der Waals surface area (Å²) in [4.78, 5) is 0. The van der Waals surface area contributed by atoms with Crippen molar-refractivity contribution in [1.82, 2.24) is 0 Å². The Labute approximate surface area is 33.8 Å². The number of nitrogens with two attached hydrogens (primary N) is 1. The topological polar surface area (TPSA) is 26.0 Å². The van der Waals surface area contributed by atoms with Gasteiger partial charge in [-0.3, -0.25) is 0 Å². The second-order valence-corrected chi connectivity index (χ2v) is 0.381. The molecule has 0 fully saturated rings. The van der Waals surface area contributed by atoms with Gasteiger partial charge in [0.2, 0.25) is 0 Å². The Morgan fingerprint density at radius 3 is 3.25 bits per heavy atom. The molecule has 0 saturated carbocycles. The van der Waals surface area contributed by atoms with E-state index in [0.717, 1.165) is 0 Å². The van der Waals surface area contributed by atoms with Gasteiger partial charge in [0.25, 0.3) is 0 Å². The van der Waals surface area contributed by atoms with Gasteiger partial charge in [-0.05, 0) is 12.9 Å². The molecule has 0 aromatic rings. The summed E-state index contributed by atoms with van der Waals surface area (Å²) in [6.45, 7) is -4.34. The van der Waals surface area contributed by atoms with E-state index in [1.54, 1.807) is 0 Å².